The molecular formula is C4H13NO3. The second-order valence-electron chi connectivity index (χ2n) is 1.89. The average molecular weight is 123 g/mol. The Kier molecular flexibility index (Phi) is 5.10. The Labute approximate surface area is 48.5 Å². The predicted molar refractivity (Wildman–Crippen MR) is 30.1 cm³/mol. The Morgan fingerprint density at radius 1 is 1.50 bits per heavy atom. The Balaban J connectivity index is 0. The molecule has 0 aliphatic carbocycles. The highest BCUT2D eigenvalue weighted by Crippen LogP contribution is 1.90. The molecule has 0 saturated heterocycles. The van der Waals surface area contributed by atoms with Crippen LogP contribution in [0.2, 0.25) is 0 Å². The van der Waals surface area contributed by atoms with Crippen LogP contribution in [0.5, 0.6) is 0 Å². The number of hydrogen-bond acceptors (Lipinski definition) is 3. The van der Waals surface area contributed by atoms with Crippen molar-refractivity contribution < 1.29 is 15.7 Å². The van der Waals surface area contributed by atoms with Gasteiger partial charge in [-0.05, 0) is 13.8 Å². The van der Waals surface area contributed by atoms with Crippen molar-refractivity contribution in [2.75, 3.05) is 6.73 Å². The van der Waals surface area contributed by atoms with Crippen molar-refractivity contribution in [2.24, 2.45) is 0 Å². The summed E-state index contributed by atoms with van der Waals surface area (Å²) < 4.78 is 0. The molecule has 0 heterocycles. The van der Waals surface area contributed by atoms with E-state index in [1.807, 2.05) is 0 Å². The van der Waals surface area contributed by atoms with Crippen LogP contribution in [0.3, 0.4) is 0 Å². The molecule has 0 unspecified atom stereocenters. The third-order valence-corrected chi connectivity index (χ3v) is 0.512. The minimum atomic E-state index is -0.950. The van der Waals surface area contributed by atoms with Crippen LogP contribution in [0.25, 0.3) is 0 Å². The lowest BCUT2D eigenvalue weighted by atomic mass is 10.3. The molecule has 0 aliphatic rings. The quantitative estimate of drug-likeness (QED) is 0.388. The first-order chi connectivity index (χ1) is 3.06. The lowest BCUT2D eigenvalue weighted by Crippen LogP contribution is -2.39. The molecule has 8 heavy (non-hydrogen) atoms. The van der Waals surface area contributed by atoms with E-state index in [1.54, 1.807) is 13.8 Å². The van der Waals surface area contributed by atoms with Crippen molar-refractivity contribution in [3.8, 4) is 0 Å². The van der Waals surface area contributed by atoms with Gasteiger partial charge in [0.25, 0.3) is 0 Å². The highest BCUT2D eigenvalue weighted by molar-refractivity contribution is 4.56. The summed E-state index contributed by atoms with van der Waals surface area (Å²) >= 11 is 0. The van der Waals surface area contributed by atoms with Crippen LogP contribution >= 0.6 is 0 Å². The zero-order valence-corrected chi connectivity index (χ0v) is 5.10. The maximum atomic E-state index is 8.75. The van der Waals surface area contributed by atoms with Crippen molar-refractivity contribution in [1.29, 1.82) is 0 Å². The molecule has 0 aromatic carbocycles. The summed E-state index contributed by atoms with van der Waals surface area (Å²) in [5, 5.41) is 19.3. The van der Waals surface area contributed by atoms with E-state index >= 15 is 0 Å². The molecule has 0 amide bonds. The van der Waals surface area contributed by atoms with Crippen LogP contribution in [-0.4, -0.2) is 28.1 Å². The zero-order chi connectivity index (χ0) is 5.91. The number of aliphatic hydroxyl groups excluding tert-OH is 1. The Morgan fingerprint density at radius 3 is 1.88 bits per heavy atom. The van der Waals surface area contributed by atoms with Crippen LogP contribution in [0.4, 0.5) is 0 Å². The summed E-state index contributed by atoms with van der Waals surface area (Å²) in [5.41, 5.74) is -0.950. The van der Waals surface area contributed by atoms with Gasteiger partial charge < -0.3 is 15.7 Å². The highest BCUT2D eigenvalue weighted by atomic mass is 16.3. The molecule has 0 radical (unpaired) electrons. The largest absolute Gasteiger partial charge is 0.412 e. The van der Waals surface area contributed by atoms with E-state index in [0.717, 1.165) is 0 Å². The number of aliphatic hydroxyl groups is 2. The van der Waals surface area contributed by atoms with E-state index < -0.39 is 5.72 Å². The molecule has 52 valence electrons. The van der Waals surface area contributed by atoms with Crippen LogP contribution in [0.1, 0.15) is 13.8 Å². The van der Waals surface area contributed by atoms with Crippen molar-refractivity contribution >= 4 is 0 Å². The van der Waals surface area contributed by atoms with Crippen LogP contribution in [0, 0.1) is 0 Å². The van der Waals surface area contributed by atoms with Crippen LogP contribution in [-0.2, 0) is 0 Å². The SMILES string of the molecule is CC(C)(O)NCO.O. The van der Waals surface area contributed by atoms with Gasteiger partial charge in [-0.3, -0.25) is 5.32 Å². The number of hydrogen-bond donors (Lipinski definition) is 3. The molecule has 4 nitrogen and oxygen atoms in total. The molecule has 0 aromatic heterocycles. The fraction of sp³-hybridized carbons (Fsp3) is 1.00. The Hall–Kier alpha value is -0.160. The highest BCUT2D eigenvalue weighted by Gasteiger charge is 2.07. The lowest BCUT2D eigenvalue weighted by molar-refractivity contribution is 0.0180. The van der Waals surface area contributed by atoms with Gasteiger partial charge in [-0.15, -0.1) is 0 Å². The molecule has 0 fully saturated rings. The van der Waals surface area contributed by atoms with Gasteiger partial charge >= 0.3 is 0 Å². The fourth-order valence-corrected chi connectivity index (χ4v) is 0.193. The topological polar surface area (TPSA) is 84.0 Å². The van der Waals surface area contributed by atoms with Crippen LogP contribution < -0.4 is 5.32 Å². The molecule has 0 aliphatic heterocycles. The second-order valence-corrected chi connectivity index (χ2v) is 1.89. The minimum Gasteiger partial charge on any atom is -0.412 e. The van der Waals surface area contributed by atoms with Gasteiger partial charge in [-0.1, -0.05) is 0 Å². The summed E-state index contributed by atoms with van der Waals surface area (Å²) in [5.74, 6) is 0. The monoisotopic (exact) mass is 123 g/mol. The summed E-state index contributed by atoms with van der Waals surface area (Å²) in [4.78, 5) is 0. The van der Waals surface area contributed by atoms with Gasteiger partial charge in [0.15, 0.2) is 0 Å². The van der Waals surface area contributed by atoms with Gasteiger partial charge in [0, 0.05) is 0 Å². The molecular weight excluding hydrogens is 110 g/mol. The first-order valence-corrected chi connectivity index (χ1v) is 2.14. The molecule has 0 spiro atoms. The van der Waals surface area contributed by atoms with Gasteiger partial charge in [0.2, 0.25) is 0 Å². The predicted octanol–water partition coefficient (Wildman–Crippen LogP) is -1.57. The van der Waals surface area contributed by atoms with Crippen molar-refractivity contribution in [2.45, 2.75) is 19.6 Å². The Bertz CT molecular complexity index is 49.7. The molecule has 0 aromatic rings. The molecule has 0 bridgehead atoms. The number of nitrogens with one attached hydrogen (secondary N) is 1. The van der Waals surface area contributed by atoms with Gasteiger partial charge in [0.1, 0.15) is 5.72 Å². The van der Waals surface area contributed by atoms with E-state index in [9.17, 15) is 0 Å². The molecule has 0 rings (SSSR count). The standard InChI is InChI=1S/C4H11NO2.H2O/c1-4(2,7)5-3-6;/h5-7H,3H2,1-2H3;1H2. The van der Waals surface area contributed by atoms with E-state index in [0.29, 0.717) is 0 Å². The minimum absolute atomic E-state index is 0. The normalized spacial score (nSPS) is 10.5. The fourth-order valence-electron chi connectivity index (χ4n) is 0.193. The maximum Gasteiger partial charge on any atom is 0.112 e. The molecule has 0 atom stereocenters. The van der Waals surface area contributed by atoms with E-state index in [2.05, 4.69) is 5.32 Å². The molecule has 4 heteroatoms. The van der Waals surface area contributed by atoms with Crippen molar-refractivity contribution in [3.63, 3.8) is 0 Å². The van der Waals surface area contributed by atoms with Gasteiger partial charge in [-0.2, -0.15) is 0 Å². The van der Waals surface area contributed by atoms with Gasteiger partial charge in [0.05, 0.1) is 6.73 Å². The molecule has 0 saturated carbocycles. The van der Waals surface area contributed by atoms with E-state index in [4.69, 9.17) is 10.2 Å². The third-order valence-electron chi connectivity index (χ3n) is 0.512. The zero-order valence-electron chi connectivity index (χ0n) is 5.10. The maximum absolute atomic E-state index is 8.75. The third kappa shape index (κ3) is 9.28. The summed E-state index contributed by atoms with van der Waals surface area (Å²) in [6, 6.07) is 0. The second kappa shape index (κ2) is 3.80. The smallest absolute Gasteiger partial charge is 0.112 e. The summed E-state index contributed by atoms with van der Waals surface area (Å²) in [6.07, 6.45) is 0. The van der Waals surface area contributed by atoms with Crippen LogP contribution in [0.15, 0.2) is 0 Å². The van der Waals surface area contributed by atoms with Crippen molar-refractivity contribution in [3.05, 3.63) is 0 Å². The van der Waals surface area contributed by atoms with Crippen molar-refractivity contribution in [1.82, 2.24) is 5.32 Å². The lowest BCUT2D eigenvalue weighted by Gasteiger charge is -2.16. The van der Waals surface area contributed by atoms with E-state index in [1.165, 1.54) is 0 Å². The first-order valence-electron chi connectivity index (χ1n) is 2.14. The summed E-state index contributed by atoms with van der Waals surface area (Å²) in [7, 11) is 0. The average Bonchev–Trinajstić information content (AvgIpc) is 1.30. The molecule has 5 N–H and O–H groups in total. The first kappa shape index (κ1) is 10.8. The van der Waals surface area contributed by atoms with Gasteiger partial charge in [-0.25, -0.2) is 0 Å². The summed E-state index contributed by atoms with van der Waals surface area (Å²) in [6.45, 7) is 2.93. The Morgan fingerprint density at radius 2 is 1.88 bits per heavy atom. The number of rotatable bonds is 2. The van der Waals surface area contributed by atoms with E-state index in [-0.39, 0.29) is 12.2 Å².